The molecule has 11 heavy (non-hydrogen) atoms. The summed E-state index contributed by atoms with van der Waals surface area (Å²) in [6, 6.07) is 10.1. The first kappa shape index (κ1) is 8.08. The van der Waals surface area contributed by atoms with E-state index >= 15 is 0 Å². The molecule has 0 saturated heterocycles. The van der Waals surface area contributed by atoms with Crippen LogP contribution in [0.25, 0.3) is 0 Å². The highest BCUT2D eigenvalue weighted by Gasteiger charge is 1.95. The standard InChI is InChI=1S/C9H13NO/c1-10(8-11-2)9-6-4-3-5-7-9/h3-7H,8H2,1-2H3. The summed E-state index contributed by atoms with van der Waals surface area (Å²) in [5.74, 6) is 0. The molecule has 0 aliphatic carbocycles. The summed E-state index contributed by atoms with van der Waals surface area (Å²) in [5, 5.41) is 0. The second-order valence-corrected chi connectivity index (χ2v) is 2.45. The molecule has 0 saturated carbocycles. The molecule has 0 radical (unpaired) electrons. The van der Waals surface area contributed by atoms with Gasteiger partial charge in [-0.25, -0.2) is 0 Å². The maximum absolute atomic E-state index is 4.98. The van der Waals surface area contributed by atoms with Crippen LogP contribution in [0.4, 0.5) is 5.69 Å². The first-order valence-electron chi connectivity index (χ1n) is 3.59. The van der Waals surface area contributed by atoms with Crippen molar-refractivity contribution in [1.82, 2.24) is 0 Å². The van der Waals surface area contributed by atoms with E-state index < -0.39 is 0 Å². The minimum atomic E-state index is 0.629. The van der Waals surface area contributed by atoms with Gasteiger partial charge in [0.2, 0.25) is 0 Å². The van der Waals surface area contributed by atoms with Crippen molar-refractivity contribution in [2.45, 2.75) is 0 Å². The maximum Gasteiger partial charge on any atom is 0.118 e. The zero-order valence-electron chi connectivity index (χ0n) is 6.95. The van der Waals surface area contributed by atoms with Crippen molar-refractivity contribution >= 4 is 5.69 Å². The average Bonchev–Trinajstić information content (AvgIpc) is 2.07. The van der Waals surface area contributed by atoms with Crippen molar-refractivity contribution in [1.29, 1.82) is 0 Å². The number of ether oxygens (including phenoxy) is 1. The third kappa shape index (κ3) is 2.24. The van der Waals surface area contributed by atoms with E-state index in [4.69, 9.17) is 4.74 Å². The normalized spacial score (nSPS) is 9.64. The molecule has 1 rings (SSSR count). The van der Waals surface area contributed by atoms with Crippen LogP contribution in [0.1, 0.15) is 0 Å². The first-order valence-corrected chi connectivity index (χ1v) is 3.59. The number of methoxy groups -OCH3 is 1. The van der Waals surface area contributed by atoms with Crippen molar-refractivity contribution in [3.63, 3.8) is 0 Å². The Kier molecular flexibility index (Phi) is 2.93. The van der Waals surface area contributed by atoms with Crippen LogP contribution in [-0.2, 0) is 4.74 Å². The van der Waals surface area contributed by atoms with E-state index in [1.54, 1.807) is 7.11 Å². The molecular weight excluding hydrogens is 138 g/mol. The fourth-order valence-corrected chi connectivity index (χ4v) is 0.951. The summed E-state index contributed by atoms with van der Waals surface area (Å²) in [7, 11) is 3.69. The van der Waals surface area contributed by atoms with Gasteiger partial charge in [-0.3, -0.25) is 0 Å². The quantitative estimate of drug-likeness (QED) is 0.610. The Morgan fingerprint density at radius 1 is 1.27 bits per heavy atom. The fraction of sp³-hybridized carbons (Fsp3) is 0.333. The highest BCUT2D eigenvalue weighted by molar-refractivity contribution is 5.44. The molecule has 0 spiro atoms. The van der Waals surface area contributed by atoms with Gasteiger partial charge < -0.3 is 9.64 Å². The lowest BCUT2D eigenvalue weighted by molar-refractivity contribution is 0.202. The van der Waals surface area contributed by atoms with Crippen LogP contribution in [-0.4, -0.2) is 20.9 Å². The number of anilines is 1. The van der Waals surface area contributed by atoms with E-state index in [2.05, 4.69) is 12.1 Å². The van der Waals surface area contributed by atoms with Gasteiger partial charge in [0.1, 0.15) is 6.73 Å². The lowest BCUT2D eigenvalue weighted by Gasteiger charge is -2.17. The molecule has 0 heterocycles. The molecule has 0 aromatic heterocycles. The van der Waals surface area contributed by atoms with E-state index in [0.717, 1.165) is 0 Å². The van der Waals surface area contributed by atoms with Gasteiger partial charge in [0.25, 0.3) is 0 Å². The lowest BCUT2D eigenvalue weighted by atomic mass is 10.3. The molecule has 1 aromatic rings. The van der Waals surface area contributed by atoms with Crippen molar-refractivity contribution in [2.75, 3.05) is 25.8 Å². The highest BCUT2D eigenvalue weighted by atomic mass is 16.5. The molecule has 0 bridgehead atoms. The van der Waals surface area contributed by atoms with Gasteiger partial charge in [-0.05, 0) is 12.1 Å². The zero-order valence-corrected chi connectivity index (χ0v) is 6.95. The van der Waals surface area contributed by atoms with E-state index in [1.807, 2.05) is 30.1 Å². The second kappa shape index (κ2) is 3.98. The number of hydrogen-bond donors (Lipinski definition) is 0. The minimum Gasteiger partial charge on any atom is -0.364 e. The molecule has 0 unspecified atom stereocenters. The fourth-order valence-electron chi connectivity index (χ4n) is 0.951. The monoisotopic (exact) mass is 151 g/mol. The molecule has 0 aliphatic heterocycles. The molecule has 2 nitrogen and oxygen atoms in total. The van der Waals surface area contributed by atoms with Crippen LogP contribution in [0, 0.1) is 0 Å². The molecule has 0 aliphatic rings. The topological polar surface area (TPSA) is 12.5 Å². The molecule has 0 fully saturated rings. The Labute approximate surface area is 67.4 Å². The van der Waals surface area contributed by atoms with E-state index in [0.29, 0.717) is 6.73 Å². The molecule has 0 atom stereocenters. The number of benzene rings is 1. The van der Waals surface area contributed by atoms with Crippen LogP contribution in [0.3, 0.4) is 0 Å². The summed E-state index contributed by atoms with van der Waals surface area (Å²) >= 11 is 0. The summed E-state index contributed by atoms with van der Waals surface area (Å²) in [6.45, 7) is 0.629. The van der Waals surface area contributed by atoms with Crippen LogP contribution < -0.4 is 4.90 Å². The van der Waals surface area contributed by atoms with Gasteiger partial charge in [0, 0.05) is 19.8 Å². The summed E-state index contributed by atoms with van der Waals surface area (Å²) < 4.78 is 4.98. The molecule has 60 valence electrons. The van der Waals surface area contributed by atoms with Crippen molar-refractivity contribution in [3.8, 4) is 0 Å². The number of para-hydroxylation sites is 1. The third-order valence-corrected chi connectivity index (χ3v) is 1.52. The van der Waals surface area contributed by atoms with Gasteiger partial charge in [-0.2, -0.15) is 0 Å². The van der Waals surface area contributed by atoms with E-state index in [1.165, 1.54) is 5.69 Å². The van der Waals surface area contributed by atoms with Crippen LogP contribution in [0.2, 0.25) is 0 Å². The zero-order chi connectivity index (χ0) is 8.10. The van der Waals surface area contributed by atoms with Gasteiger partial charge in [0.15, 0.2) is 0 Å². The Bertz CT molecular complexity index is 198. The summed E-state index contributed by atoms with van der Waals surface area (Å²) in [6.07, 6.45) is 0. The molecular formula is C9H13NO. The van der Waals surface area contributed by atoms with Gasteiger partial charge >= 0.3 is 0 Å². The maximum atomic E-state index is 4.98. The largest absolute Gasteiger partial charge is 0.364 e. The molecule has 2 heteroatoms. The van der Waals surface area contributed by atoms with E-state index in [9.17, 15) is 0 Å². The van der Waals surface area contributed by atoms with Gasteiger partial charge in [0.05, 0.1) is 0 Å². The van der Waals surface area contributed by atoms with E-state index in [-0.39, 0.29) is 0 Å². The first-order chi connectivity index (χ1) is 5.34. The van der Waals surface area contributed by atoms with Crippen LogP contribution in [0.5, 0.6) is 0 Å². The second-order valence-electron chi connectivity index (χ2n) is 2.45. The van der Waals surface area contributed by atoms with Crippen LogP contribution in [0.15, 0.2) is 30.3 Å². The Hall–Kier alpha value is -1.02. The Morgan fingerprint density at radius 3 is 2.45 bits per heavy atom. The SMILES string of the molecule is COCN(C)c1ccccc1. The van der Waals surface area contributed by atoms with Gasteiger partial charge in [-0.15, -0.1) is 0 Å². The molecule has 1 aromatic carbocycles. The lowest BCUT2D eigenvalue weighted by Crippen LogP contribution is -2.19. The van der Waals surface area contributed by atoms with Crippen LogP contribution >= 0.6 is 0 Å². The number of nitrogens with zero attached hydrogens (tertiary/aromatic N) is 1. The predicted molar refractivity (Wildman–Crippen MR) is 46.7 cm³/mol. The van der Waals surface area contributed by atoms with Crippen molar-refractivity contribution in [3.05, 3.63) is 30.3 Å². The summed E-state index contributed by atoms with van der Waals surface area (Å²) in [4.78, 5) is 2.04. The minimum absolute atomic E-state index is 0.629. The third-order valence-electron chi connectivity index (χ3n) is 1.52. The smallest absolute Gasteiger partial charge is 0.118 e. The Balaban J connectivity index is 2.61. The highest BCUT2D eigenvalue weighted by Crippen LogP contribution is 2.09. The average molecular weight is 151 g/mol. The predicted octanol–water partition coefficient (Wildman–Crippen LogP) is 1.73. The van der Waals surface area contributed by atoms with Crippen molar-refractivity contribution in [2.24, 2.45) is 0 Å². The number of hydrogen-bond acceptors (Lipinski definition) is 2. The number of rotatable bonds is 3. The van der Waals surface area contributed by atoms with Crippen molar-refractivity contribution < 1.29 is 4.74 Å². The van der Waals surface area contributed by atoms with Gasteiger partial charge in [-0.1, -0.05) is 18.2 Å². The molecule has 0 amide bonds. The Morgan fingerprint density at radius 2 is 1.91 bits per heavy atom. The molecule has 0 N–H and O–H groups in total. The summed E-state index contributed by atoms with van der Waals surface area (Å²) in [5.41, 5.74) is 1.18.